The quantitative estimate of drug-likeness (QED) is 0.700. The molecule has 0 saturated carbocycles. The first-order valence-electron chi connectivity index (χ1n) is 9.72. The van der Waals surface area contributed by atoms with E-state index in [-0.39, 0.29) is 0 Å². The van der Waals surface area contributed by atoms with Crippen LogP contribution in [0.5, 0.6) is 0 Å². The highest BCUT2D eigenvalue weighted by molar-refractivity contribution is 7.99. The number of para-hydroxylation sites is 1. The lowest BCUT2D eigenvalue weighted by molar-refractivity contribution is 0.603. The summed E-state index contributed by atoms with van der Waals surface area (Å²) in [6.07, 6.45) is 1.86. The second-order valence-electron chi connectivity index (χ2n) is 6.61. The Balaban J connectivity index is 0.000000706. The highest BCUT2D eigenvalue weighted by Gasteiger charge is 2.23. The molecular weight excluding hydrogens is 368 g/mol. The van der Waals surface area contributed by atoms with Gasteiger partial charge in [0.2, 0.25) is 0 Å². The van der Waals surface area contributed by atoms with Gasteiger partial charge in [-0.25, -0.2) is 4.68 Å². The van der Waals surface area contributed by atoms with Crippen LogP contribution in [0.15, 0.2) is 52.3 Å². The van der Waals surface area contributed by atoms with E-state index in [1.54, 1.807) is 0 Å². The van der Waals surface area contributed by atoms with Gasteiger partial charge in [0.1, 0.15) is 0 Å². The number of tetrazole rings is 1. The second kappa shape index (κ2) is 9.71. The lowest BCUT2D eigenvalue weighted by atomic mass is 10.1. The molecular formula is C21H28N6S. The van der Waals surface area contributed by atoms with Crippen LogP contribution in [-0.2, 0) is 13.0 Å². The van der Waals surface area contributed by atoms with Crippen molar-refractivity contribution >= 4 is 23.1 Å². The minimum absolute atomic E-state index is 0.750. The van der Waals surface area contributed by atoms with Gasteiger partial charge in [0.25, 0.3) is 0 Å². The molecule has 0 saturated heterocycles. The third kappa shape index (κ3) is 4.36. The summed E-state index contributed by atoms with van der Waals surface area (Å²) in [5, 5.41) is 14.8. The van der Waals surface area contributed by atoms with Crippen LogP contribution >= 0.6 is 11.8 Å². The van der Waals surface area contributed by atoms with Crippen molar-refractivity contribution in [2.24, 2.45) is 0 Å². The van der Waals surface area contributed by atoms with Crippen LogP contribution in [0.2, 0.25) is 0 Å². The van der Waals surface area contributed by atoms with E-state index in [0.29, 0.717) is 0 Å². The number of anilines is 2. The first-order chi connectivity index (χ1) is 13.7. The predicted molar refractivity (Wildman–Crippen MR) is 116 cm³/mol. The standard InChI is InChI=1S/C19H21N5S.C2H7N/c1-3-11-23-15-7-5-6-8-17(15)25-18-10-9-14(12-16(18)23)13-19-20-21-22-24(19)4-2;1-3-2/h5-10,12H,3-4,11,13H2,1-2H3;3H,1-2H3. The van der Waals surface area contributed by atoms with Crippen molar-refractivity contribution in [1.82, 2.24) is 25.5 Å². The van der Waals surface area contributed by atoms with Crippen molar-refractivity contribution < 1.29 is 0 Å². The first kappa shape index (κ1) is 20.4. The van der Waals surface area contributed by atoms with Gasteiger partial charge in [-0.05, 0) is 67.7 Å². The molecule has 0 bridgehead atoms. The third-order valence-electron chi connectivity index (χ3n) is 4.41. The van der Waals surface area contributed by atoms with Gasteiger partial charge < -0.3 is 10.2 Å². The lowest BCUT2D eigenvalue weighted by Gasteiger charge is -2.33. The minimum Gasteiger partial charge on any atom is -0.340 e. The van der Waals surface area contributed by atoms with E-state index in [2.05, 4.69) is 82.1 Å². The van der Waals surface area contributed by atoms with Gasteiger partial charge in [-0.3, -0.25) is 0 Å². The molecule has 0 radical (unpaired) electrons. The fourth-order valence-corrected chi connectivity index (χ4v) is 4.30. The summed E-state index contributed by atoms with van der Waals surface area (Å²) in [5.74, 6) is 0.911. The highest BCUT2D eigenvalue weighted by Crippen LogP contribution is 2.48. The molecule has 3 aromatic rings. The van der Waals surface area contributed by atoms with Gasteiger partial charge in [-0.2, -0.15) is 0 Å². The van der Waals surface area contributed by atoms with E-state index in [9.17, 15) is 0 Å². The van der Waals surface area contributed by atoms with Gasteiger partial charge >= 0.3 is 0 Å². The number of fused-ring (bicyclic) bond motifs is 2. The molecule has 6 nitrogen and oxygen atoms in total. The van der Waals surface area contributed by atoms with E-state index in [0.717, 1.165) is 31.8 Å². The van der Waals surface area contributed by atoms with Crippen LogP contribution in [0.4, 0.5) is 11.4 Å². The van der Waals surface area contributed by atoms with Crippen LogP contribution in [0, 0.1) is 0 Å². The Bertz CT molecular complexity index is 907. The summed E-state index contributed by atoms with van der Waals surface area (Å²) in [6.45, 7) is 6.09. The zero-order valence-corrected chi connectivity index (χ0v) is 17.8. The van der Waals surface area contributed by atoms with Crippen LogP contribution in [0.3, 0.4) is 0 Å². The number of rotatable bonds is 5. The lowest BCUT2D eigenvalue weighted by Crippen LogP contribution is -2.21. The molecule has 4 rings (SSSR count). The summed E-state index contributed by atoms with van der Waals surface area (Å²) in [5.41, 5.74) is 3.83. The largest absolute Gasteiger partial charge is 0.340 e. The molecule has 2 heterocycles. The summed E-state index contributed by atoms with van der Waals surface area (Å²) in [4.78, 5) is 5.07. The van der Waals surface area contributed by atoms with Gasteiger partial charge in [0.15, 0.2) is 5.82 Å². The van der Waals surface area contributed by atoms with Gasteiger partial charge in [0.05, 0.1) is 11.4 Å². The maximum Gasteiger partial charge on any atom is 0.155 e. The van der Waals surface area contributed by atoms with E-state index < -0.39 is 0 Å². The van der Waals surface area contributed by atoms with Gasteiger partial charge in [0, 0.05) is 29.3 Å². The number of aromatic nitrogens is 4. The third-order valence-corrected chi connectivity index (χ3v) is 5.54. The normalized spacial score (nSPS) is 12.1. The molecule has 1 aliphatic rings. The Hall–Kier alpha value is -2.38. The summed E-state index contributed by atoms with van der Waals surface area (Å²) in [6, 6.07) is 15.4. The molecule has 0 spiro atoms. The molecule has 0 fully saturated rings. The maximum absolute atomic E-state index is 4.17. The smallest absolute Gasteiger partial charge is 0.155 e. The Labute approximate surface area is 171 Å². The molecule has 0 atom stereocenters. The van der Waals surface area contributed by atoms with E-state index in [4.69, 9.17) is 0 Å². The second-order valence-corrected chi connectivity index (χ2v) is 7.69. The van der Waals surface area contributed by atoms with Crippen LogP contribution in [0.1, 0.15) is 31.7 Å². The van der Waals surface area contributed by atoms with Crippen LogP contribution < -0.4 is 10.2 Å². The number of aryl methyl sites for hydroxylation is 1. The molecule has 28 heavy (non-hydrogen) atoms. The Morgan fingerprint density at radius 1 is 1.00 bits per heavy atom. The average Bonchev–Trinajstić information content (AvgIpc) is 3.16. The first-order valence-corrected chi connectivity index (χ1v) is 10.5. The molecule has 1 N–H and O–H groups in total. The topological polar surface area (TPSA) is 58.9 Å². The fourth-order valence-electron chi connectivity index (χ4n) is 3.23. The highest BCUT2D eigenvalue weighted by atomic mass is 32.2. The van der Waals surface area contributed by atoms with Crippen molar-refractivity contribution in [3.63, 3.8) is 0 Å². The summed E-state index contributed by atoms with van der Waals surface area (Å²) >= 11 is 1.85. The number of nitrogens with zero attached hydrogens (tertiary/aromatic N) is 5. The monoisotopic (exact) mass is 396 g/mol. The van der Waals surface area contributed by atoms with Gasteiger partial charge in [-0.15, -0.1) is 5.10 Å². The van der Waals surface area contributed by atoms with Crippen molar-refractivity contribution in [2.45, 2.75) is 43.0 Å². The van der Waals surface area contributed by atoms with Gasteiger partial charge in [-0.1, -0.05) is 36.9 Å². The number of benzene rings is 2. The Kier molecular flexibility index (Phi) is 7.06. The van der Waals surface area contributed by atoms with E-state index >= 15 is 0 Å². The van der Waals surface area contributed by atoms with Crippen molar-refractivity contribution in [1.29, 1.82) is 0 Å². The average molecular weight is 397 g/mol. The summed E-state index contributed by atoms with van der Waals surface area (Å²) < 4.78 is 1.85. The molecule has 0 aliphatic carbocycles. The molecule has 148 valence electrons. The zero-order chi connectivity index (χ0) is 19.9. The van der Waals surface area contributed by atoms with E-state index in [1.165, 1.54) is 26.7 Å². The van der Waals surface area contributed by atoms with Crippen molar-refractivity contribution in [3.8, 4) is 0 Å². The summed E-state index contributed by atoms with van der Waals surface area (Å²) in [7, 11) is 3.75. The number of nitrogens with one attached hydrogen (secondary N) is 1. The Morgan fingerprint density at radius 3 is 2.50 bits per heavy atom. The Morgan fingerprint density at radius 2 is 1.75 bits per heavy atom. The molecule has 0 amide bonds. The molecule has 1 aromatic heterocycles. The predicted octanol–water partition coefficient (Wildman–Crippen LogP) is 4.13. The minimum atomic E-state index is 0.750. The van der Waals surface area contributed by atoms with Crippen LogP contribution in [0.25, 0.3) is 0 Å². The molecule has 7 heteroatoms. The van der Waals surface area contributed by atoms with Crippen molar-refractivity contribution in [2.75, 3.05) is 25.5 Å². The molecule has 1 aliphatic heterocycles. The maximum atomic E-state index is 4.17. The number of hydrogen-bond donors (Lipinski definition) is 1. The SMILES string of the molecule is CCCN1c2ccccc2Sc2ccc(Cc3nnnn3CC)cc21.CNC. The number of hydrogen-bond acceptors (Lipinski definition) is 6. The van der Waals surface area contributed by atoms with Crippen molar-refractivity contribution in [3.05, 3.63) is 53.9 Å². The molecule has 2 aromatic carbocycles. The molecule has 0 unspecified atom stereocenters. The van der Waals surface area contributed by atoms with Crippen LogP contribution in [-0.4, -0.2) is 40.8 Å². The fraction of sp³-hybridized carbons (Fsp3) is 0.381. The van der Waals surface area contributed by atoms with E-state index in [1.807, 2.05) is 30.5 Å². The zero-order valence-electron chi connectivity index (χ0n) is 17.0.